The van der Waals surface area contributed by atoms with E-state index in [-0.39, 0.29) is 17.9 Å². The Labute approximate surface area is 155 Å². The van der Waals surface area contributed by atoms with E-state index in [0.717, 1.165) is 49.7 Å². The summed E-state index contributed by atoms with van der Waals surface area (Å²) in [6.07, 6.45) is 3.63. The van der Waals surface area contributed by atoms with Crippen molar-refractivity contribution in [3.8, 4) is 5.75 Å². The first-order valence-corrected chi connectivity index (χ1v) is 9.30. The predicted octanol–water partition coefficient (Wildman–Crippen LogP) is 3.94. The van der Waals surface area contributed by atoms with Crippen LogP contribution in [0.2, 0.25) is 0 Å². The van der Waals surface area contributed by atoms with Crippen LogP contribution in [-0.4, -0.2) is 37.0 Å². The number of furan rings is 1. The molecule has 1 aliphatic rings. The monoisotopic (exact) mass is 356 g/mol. The molecule has 140 valence electrons. The van der Waals surface area contributed by atoms with Crippen LogP contribution in [0.4, 0.5) is 5.69 Å². The minimum atomic E-state index is -0.0395. The van der Waals surface area contributed by atoms with Gasteiger partial charge < -0.3 is 14.1 Å². The predicted molar refractivity (Wildman–Crippen MR) is 102 cm³/mol. The number of nitrogens with zero attached hydrogens (tertiary/aromatic N) is 2. The molecule has 1 aromatic heterocycles. The quantitative estimate of drug-likeness (QED) is 0.786. The van der Waals surface area contributed by atoms with E-state index < -0.39 is 0 Å². The van der Waals surface area contributed by atoms with Gasteiger partial charge in [0.1, 0.15) is 11.5 Å². The van der Waals surface area contributed by atoms with Crippen LogP contribution >= 0.6 is 0 Å². The van der Waals surface area contributed by atoms with Crippen LogP contribution < -0.4 is 9.64 Å². The summed E-state index contributed by atoms with van der Waals surface area (Å²) in [5.74, 6) is 1.90. The van der Waals surface area contributed by atoms with Crippen molar-refractivity contribution in [3.63, 3.8) is 0 Å². The molecule has 5 heteroatoms. The van der Waals surface area contributed by atoms with E-state index in [1.54, 1.807) is 13.4 Å². The Hall–Kier alpha value is -2.27. The van der Waals surface area contributed by atoms with Gasteiger partial charge in [0.2, 0.25) is 5.91 Å². The molecule has 1 aliphatic heterocycles. The van der Waals surface area contributed by atoms with E-state index in [4.69, 9.17) is 9.15 Å². The normalized spacial score (nSPS) is 16.0. The van der Waals surface area contributed by atoms with Crippen LogP contribution in [0.15, 0.2) is 47.1 Å². The number of carbonyl (C=O) groups excluding carboxylic acids is 1. The lowest BCUT2D eigenvalue weighted by Crippen LogP contribution is -2.48. The van der Waals surface area contributed by atoms with Crippen molar-refractivity contribution >= 4 is 11.6 Å². The summed E-state index contributed by atoms with van der Waals surface area (Å²) >= 11 is 0. The Morgan fingerprint density at radius 2 is 2.04 bits per heavy atom. The van der Waals surface area contributed by atoms with Gasteiger partial charge in [-0.15, -0.1) is 0 Å². The highest BCUT2D eigenvalue weighted by molar-refractivity contribution is 5.95. The summed E-state index contributed by atoms with van der Waals surface area (Å²) in [6.45, 7) is 6.66. The molecule has 0 saturated carbocycles. The van der Waals surface area contributed by atoms with Crippen LogP contribution in [0, 0.1) is 5.92 Å². The molecule has 0 aliphatic carbocycles. The molecule has 0 unspecified atom stereocenters. The maximum absolute atomic E-state index is 12.9. The molecule has 1 aromatic carbocycles. The van der Waals surface area contributed by atoms with Crippen molar-refractivity contribution in [2.75, 3.05) is 25.1 Å². The second-order valence-electron chi connectivity index (χ2n) is 7.15. The highest BCUT2D eigenvalue weighted by atomic mass is 16.5. The topological polar surface area (TPSA) is 45.9 Å². The molecular weight excluding hydrogens is 328 g/mol. The average molecular weight is 356 g/mol. The lowest BCUT2D eigenvalue weighted by Gasteiger charge is -2.39. The SMILES string of the molecule is COc1cccc(N(C(=O)C(C)C)C2CCN(Cc3ccco3)CC2)c1. The fraction of sp³-hybridized carbons (Fsp3) is 0.476. The van der Waals surface area contributed by atoms with Gasteiger partial charge >= 0.3 is 0 Å². The van der Waals surface area contributed by atoms with Crippen LogP contribution in [0.5, 0.6) is 5.75 Å². The Kier molecular flexibility index (Phi) is 5.99. The summed E-state index contributed by atoms with van der Waals surface area (Å²) in [5.41, 5.74) is 0.924. The molecule has 3 rings (SSSR count). The molecule has 1 saturated heterocycles. The maximum atomic E-state index is 12.9. The van der Waals surface area contributed by atoms with E-state index in [0.29, 0.717) is 0 Å². The molecule has 0 bridgehead atoms. The van der Waals surface area contributed by atoms with Gasteiger partial charge in [0, 0.05) is 36.8 Å². The molecule has 2 heterocycles. The molecule has 0 N–H and O–H groups in total. The lowest BCUT2D eigenvalue weighted by molar-refractivity contribution is -0.122. The molecule has 0 atom stereocenters. The van der Waals surface area contributed by atoms with Gasteiger partial charge in [-0.3, -0.25) is 9.69 Å². The van der Waals surface area contributed by atoms with Crippen molar-refractivity contribution in [1.82, 2.24) is 4.90 Å². The molecule has 0 radical (unpaired) electrons. The molecule has 26 heavy (non-hydrogen) atoms. The number of likely N-dealkylation sites (tertiary alicyclic amines) is 1. The fourth-order valence-electron chi connectivity index (χ4n) is 3.52. The van der Waals surface area contributed by atoms with E-state index in [1.807, 2.05) is 55.1 Å². The number of methoxy groups -OCH3 is 1. The van der Waals surface area contributed by atoms with Gasteiger partial charge in [-0.25, -0.2) is 0 Å². The lowest BCUT2D eigenvalue weighted by atomic mass is 10.00. The van der Waals surface area contributed by atoms with Crippen molar-refractivity contribution in [3.05, 3.63) is 48.4 Å². The van der Waals surface area contributed by atoms with Gasteiger partial charge in [-0.2, -0.15) is 0 Å². The van der Waals surface area contributed by atoms with Crippen molar-refractivity contribution in [2.45, 2.75) is 39.3 Å². The van der Waals surface area contributed by atoms with E-state index >= 15 is 0 Å². The van der Waals surface area contributed by atoms with Crippen LogP contribution in [0.3, 0.4) is 0 Å². The second kappa shape index (κ2) is 8.41. The Balaban J connectivity index is 1.72. The number of anilines is 1. The maximum Gasteiger partial charge on any atom is 0.229 e. The van der Waals surface area contributed by atoms with Gasteiger partial charge in [0.05, 0.1) is 19.9 Å². The summed E-state index contributed by atoms with van der Waals surface area (Å²) in [4.78, 5) is 17.3. The third-order valence-electron chi connectivity index (χ3n) is 4.94. The van der Waals surface area contributed by atoms with Crippen LogP contribution in [-0.2, 0) is 11.3 Å². The number of benzene rings is 1. The smallest absolute Gasteiger partial charge is 0.229 e. The van der Waals surface area contributed by atoms with E-state index in [9.17, 15) is 4.79 Å². The summed E-state index contributed by atoms with van der Waals surface area (Å²) in [7, 11) is 1.65. The number of rotatable bonds is 6. The molecule has 1 fully saturated rings. The zero-order chi connectivity index (χ0) is 18.5. The molecule has 1 amide bonds. The van der Waals surface area contributed by atoms with Crippen LogP contribution in [0.25, 0.3) is 0 Å². The van der Waals surface area contributed by atoms with Crippen molar-refractivity contribution in [2.24, 2.45) is 5.92 Å². The molecule has 5 nitrogen and oxygen atoms in total. The highest BCUT2D eigenvalue weighted by Gasteiger charge is 2.30. The number of carbonyl (C=O) groups is 1. The minimum Gasteiger partial charge on any atom is -0.497 e. The number of amides is 1. The molecule has 0 spiro atoms. The number of hydrogen-bond acceptors (Lipinski definition) is 4. The number of ether oxygens (including phenoxy) is 1. The first-order chi connectivity index (χ1) is 12.6. The van der Waals surface area contributed by atoms with E-state index in [1.165, 1.54) is 0 Å². The zero-order valence-corrected chi connectivity index (χ0v) is 15.9. The molecular formula is C21H28N2O3. The third kappa shape index (κ3) is 4.28. The largest absolute Gasteiger partial charge is 0.497 e. The van der Waals surface area contributed by atoms with Gasteiger partial charge in [-0.05, 0) is 37.1 Å². The summed E-state index contributed by atoms with van der Waals surface area (Å²) in [6, 6.07) is 12.0. The number of piperidine rings is 1. The first kappa shape index (κ1) is 18.5. The fourth-order valence-corrected chi connectivity index (χ4v) is 3.52. The van der Waals surface area contributed by atoms with E-state index in [2.05, 4.69) is 4.90 Å². The van der Waals surface area contributed by atoms with Crippen molar-refractivity contribution in [1.29, 1.82) is 0 Å². The Bertz CT molecular complexity index is 704. The standard InChI is InChI=1S/C21H28N2O3/c1-16(2)21(24)23(18-6-4-7-19(14-18)25-3)17-9-11-22(12-10-17)15-20-8-5-13-26-20/h4-8,13-14,16-17H,9-12,15H2,1-3H3. The van der Waals surface area contributed by atoms with Gasteiger partial charge in [0.15, 0.2) is 0 Å². The first-order valence-electron chi connectivity index (χ1n) is 9.30. The summed E-state index contributed by atoms with van der Waals surface area (Å²) < 4.78 is 10.8. The molecule has 2 aromatic rings. The van der Waals surface area contributed by atoms with Gasteiger partial charge in [-0.1, -0.05) is 19.9 Å². The number of hydrogen-bond donors (Lipinski definition) is 0. The van der Waals surface area contributed by atoms with Crippen molar-refractivity contribution < 1.29 is 13.9 Å². The zero-order valence-electron chi connectivity index (χ0n) is 15.9. The summed E-state index contributed by atoms with van der Waals surface area (Å²) in [5, 5.41) is 0. The Morgan fingerprint density at radius 3 is 2.65 bits per heavy atom. The Morgan fingerprint density at radius 1 is 1.27 bits per heavy atom. The third-order valence-corrected chi connectivity index (χ3v) is 4.94. The van der Waals surface area contributed by atoms with Gasteiger partial charge in [0.25, 0.3) is 0 Å². The second-order valence-corrected chi connectivity index (χ2v) is 7.15. The van der Waals surface area contributed by atoms with Crippen LogP contribution in [0.1, 0.15) is 32.4 Å². The highest BCUT2D eigenvalue weighted by Crippen LogP contribution is 2.29. The minimum absolute atomic E-state index is 0.0395. The average Bonchev–Trinajstić information content (AvgIpc) is 3.16.